The Morgan fingerprint density at radius 2 is 2.29 bits per heavy atom. The molecule has 1 atom stereocenters. The van der Waals surface area contributed by atoms with E-state index in [-0.39, 0.29) is 0 Å². The van der Waals surface area contributed by atoms with Crippen LogP contribution in [0.3, 0.4) is 0 Å². The van der Waals surface area contributed by atoms with E-state index in [0.717, 1.165) is 12.1 Å². The number of pyridine rings is 1. The highest BCUT2D eigenvalue weighted by molar-refractivity contribution is 5.50. The van der Waals surface area contributed by atoms with Crippen molar-refractivity contribution in [1.82, 2.24) is 4.98 Å². The fourth-order valence-electron chi connectivity index (χ4n) is 2.40. The molecule has 0 aromatic carbocycles. The van der Waals surface area contributed by atoms with E-state index in [1.54, 1.807) is 0 Å². The van der Waals surface area contributed by atoms with Crippen LogP contribution in [0.4, 0.5) is 5.69 Å². The lowest BCUT2D eigenvalue weighted by molar-refractivity contribution is 0.424. The van der Waals surface area contributed by atoms with Crippen molar-refractivity contribution in [3.63, 3.8) is 0 Å². The summed E-state index contributed by atoms with van der Waals surface area (Å²) in [4.78, 5) is 4.50. The van der Waals surface area contributed by atoms with E-state index < -0.39 is 0 Å². The highest BCUT2D eigenvalue weighted by atomic mass is 14.7. The minimum Gasteiger partial charge on any atom is -0.398 e. The number of nitrogens with zero attached hydrogens (tertiary/aromatic N) is 1. The Hall–Kier alpha value is -1.05. The number of aromatic nitrogens is 1. The summed E-state index contributed by atoms with van der Waals surface area (Å²) >= 11 is 0. The molecule has 2 nitrogen and oxygen atoms in total. The second kappa shape index (κ2) is 3.60. The summed E-state index contributed by atoms with van der Waals surface area (Å²) in [5.41, 5.74) is 9.45. The van der Waals surface area contributed by atoms with Gasteiger partial charge < -0.3 is 5.73 Å². The third kappa shape index (κ3) is 1.49. The molecule has 2 N–H and O–H groups in total. The molecule has 2 heteroatoms. The van der Waals surface area contributed by atoms with E-state index in [2.05, 4.69) is 18.8 Å². The first-order chi connectivity index (χ1) is 6.70. The molecule has 14 heavy (non-hydrogen) atoms. The lowest BCUT2D eigenvalue weighted by atomic mass is 9.79. The van der Waals surface area contributed by atoms with Gasteiger partial charge in [0.1, 0.15) is 0 Å². The van der Waals surface area contributed by atoms with Crippen LogP contribution in [0.1, 0.15) is 43.9 Å². The van der Waals surface area contributed by atoms with Gasteiger partial charge in [-0.25, -0.2) is 0 Å². The lowest BCUT2D eigenvalue weighted by Crippen LogP contribution is -2.17. The van der Waals surface area contributed by atoms with Gasteiger partial charge in [-0.05, 0) is 36.8 Å². The minimum absolute atomic E-state index is 0.613. The molecule has 0 amide bonds. The van der Waals surface area contributed by atoms with Crippen LogP contribution < -0.4 is 5.73 Å². The van der Waals surface area contributed by atoms with E-state index in [1.165, 1.54) is 24.1 Å². The third-order valence-electron chi connectivity index (χ3n) is 3.22. The predicted molar refractivity (Wildman–Crippen MR) is 59.2 cm³/mol. The number of hydrogen-bond donors (Lipinski definition) is 1. The molecule has 0 saturated carbocycles. The molecule has 1 unspecified atom stereocenters. The van der Waals surface area contributed by atoms with Gasteiger partial charge >= 0.3 is 0 Å². The van der Waals surface area contributed by atoms with Crippen LogP contribution in [-0.4, -0.2) is 4.98 Å². The molecule has 0 radical (unpaired) electrons. The van der Waals surface area contributed by atoms with Crippen molar-refractivity contribution in [2.45, 2.75) is 39.0 Å². The summed E-state index contributed by atoms with van der Waals surface area (Å²) in [6, 6.07) is 1.92. The molecule has 1 aliphatic rings. The fourth-order valence-corrected chi connectivity index (χ4v) is 2.40. The van der Waals surface area contributed by atoms with E-state index in [9.17, 15) is 0 Å². The molecule has 0 saturated heterocycles. The van der Waals surface area contributed by atoms with Crippen molar-refractivity contribution >= 4 is 5.69 Å². The van der Waals surface area contributed by atoms with Gasteiger partial charge in [-0.3, -0.25) is 4.98 Å². The first kappa shape index (κ1) is 9.50. The van der Waals surface area contributed by atoms with Gasteiger partial charge in [-0.15, -0.1) is 0 Å². The highest BCUT2D eigenvalue weighted by Crippen LogP contribution is 2.37. The molecule has 2 rings (SSSR count). The molecule has 0 aliphatic heterocycles. The zero-order chi connectivity index (χ0) is 10.1. The second-order valence-electron chi connectivity index (χ2n) is 4.51. The third-order valence-corrected chi connectivity index (χ3v) is 3.22. The Balaban J connectivity index is 2.44. The second-order valence-corrected chi connectivity index (χ2v) is 4.51. The highest BCUT2D eigenvalue weighted by Gasteiger charge is 2.25. The smallest absolute Gasteiger partial charge is 0.0489 e. The van der Waals surface area contributed by atoms with Gasteiger partial charge in [0.2, 0.25) is 0 Å². The van der Waals surface area contributed by atoms with Gasteiger partial charge in [0.15, 0.2) is 0 Å². The van der Waals surface area contributed by atoms with Crippen molar-refractivity contribution in [1.29, 1.82) is 0 Å². The quantitative estimate of drug-likeness (QED) is 0.739. The summed E-state index contributed by atoms with van der Waals surface area (Å²) in [5.74, 6) is 1.28. The first-order valence-electron chi connectivity index (χ1n) is 5.43. The van der Waals surface area contributed by atoms with Crippen molar-refractivity contribution in [2.75, 3.05) is 5.73 Å². The van der Waals surface area contributed by atoms with Gasteiger partial charge in [0, 0.05) is 23.5 Å². The van der Waals surface area contributed by atoms with Crippen molar-refractivity contribution in [3.8, 4) is 0 Å². The summed E-state index contributed by atoms with van der Waals surface area (Å²) in [7, 11) is 0. The van der Waals surface area contributed by atoms with Crippen molar-refractivity contribution in [2.24, 2.45) is 5.92 Å². The molecule has 0 fully saturated rings. The Morgan fingerprint density at radius 1 is 1.50 bits per heavy atom. The van der Waals surface area contributed by atoms with Gasteiger partial charge in [-0.1, -0.05) is 13.8 Å². The average molecular weight is 190 g/mol. The summed E-state index contributed by atoms with van der Waals surface area (Å²) < 4.78 is 0. The first-order valence-corrected chi connectivity index (χ1v) is 5.43. The van der Waals surface area contributed by atoms with Crippen LogP contribution in [-0.2, 0) is 6.42 Å². The average Bonchev–Trinajstić information content (AvgIpc) is 2.17. The van der Waals surface area contributed by atoms with Crippen LogP contribution in [0.2, 0.25) is 0 Å². The molecular weight excluding hydrogens is 172 g/mol. The fraction of sp³-hybridized carbons (Fsp3) is 0.583. The van der Waals surface area contributed by atoms with Crippen molar-refractivity contribution < 1.29 is 0 Å². The lowest BCUT2D eigenvalue weighted by Gasteiger charge is -2.27. The molecule has 1 aliphatic carbocycles. The molecule has 1 aromatic heterocycles. The Bertz CT molecular complexity index is 331. The molecule has 1 aromatic rings. The van der Waals surface area contributed by atoms with E-state index >= 15 is 0 Å². The maximum absolute atomic E-state index is 5.96. The number of anilines is 1. The van der Waals surface area contributed by atoms with Gasteiger partial charge in [0.25, 0.3) is 0 Å². The largest absolute Gasteiger partial charge is 0.398 e. The normalized spacial score (nSPS) is 20.9. The molecule has 0 spiro atoms. The van der Waals surface area contributed by atoms with Crippen LogP contribution in [0.5, 0.6) is 0 Å². The van der Waals surface area contributed by atoms with E-state index in [4.69, 9.17) is 5.73 Å². The molecule has 0 bridgehead atoms. The number of hydrogen-bond acceptors (Lipinski definition) is 2. The van der Waals surface area contributed by atoms with Crippen LogP contribution in [0.15, 0.2) is 12.3 Å². The van der Waals surface area contributed by atoms with Crippen LogP contribution >= 0.6 is 0 Å². The topological polar surface area (TPSA) is 38.9 Å². The Kier molecular flexibility index (Phi) is 2.44. The zero-order valence-corrected chi connectivity index (χ0v) is 8.96. The molecule has 1 heterocycles. The van der Waals surface area contributed by atoms with E-state index in [1.807, 2.05) is 12.3 Å². The standard InChI is InChI=1S/C12H18N2/c1-8(2)9-4-3-5-10-11(13)6-7-14-12(9)10/h6-9H,3-5H2,1-2H3,(H2,13,14). The van der Waals surface area contributed by atoms with Gasteiger partial charge in [0.05, 0.1) is 0 Å². The number of fused-ring (bicyclic) bond motifs is 1. The predicted octanol–water partition coefficient (Wildman–Crippen LogP) is 2.74. The minimum atomic E-state index is 0.613. The summed E-state index contributed by atoms with van der Waals surface area (Å²) in [6.07, 6.45) is 5.47. The van der Waals surface area contributed by atoms with Crippen molar-refractivity contribution in [3.05, 3.63) is 23.5 Å². The zero-order valence-electron chi connectivity index (χ0n) is 8.96. The van der Waals surface area contributed by atoms with Crippen LogP contribution in [0, 0.1) is 5.92 Å². The Labute approximate surface area is 85.5 Å². The maximum Gasteiger partial charge on any atom is 0.0489 e. The SMILES string of the molecule is CC(C)C1CCCc2c(N)ccnc21. The molecule has 76 valence electrons. The van der Waals surface area contributed by atoms with Gasteiger partial charge in [-0.2, -0.15) is 0 Å². The van der Waals surface area contributed by atoms with E-state index in [0.29, 0.717) is 11.8 Å². The number of nitrogen functional groups attached to an aromatic ring is 1. The number of rotatable bonds is 1. The summed E-state index contributed by atoms with van der Waals surface area (Å²) in [6.45, 7) is 4.54. The maximum atomic E-state index is 5.96. The molecular formula is C12H18N2. The monoisotopic (exact) mass is 190 g/mol. The van der Waals surface area contributed by atoms with Crippen LogP contribution in [0.25, 0.3) is 0 Å². The number of nitrogens with two attached hydrogens (primary N) is 1. The Morgan fingerprint density at radius 3 is 3.00 bits per heavy atom. The summed E-state index contributed by atoms with van der Waals surface area (Å²) in [5, 5.41) is 0.